The molecule has 5 nitrogen and oxygen atoms in total. The Kier molecular flexibility index (Phi) is 7.55. The molecule has 1 fully saturated rings. The summed E-state index contributed by atoms with van der Waals surface area (Å²) in [6.07, 6.45) is 0.547. The third kappa shape index (κ3) is 6.51. The summed E-state index contributed by atoms with van der Waals surface area (Å²) in [5.41, 5.74) is 3.82. The normalized spacial score (nSPS) is 20.1. The molecule has 29 heavy (non-hydrogen) atoms. The predicted molar refractivity (Wildman–Crippen MR) is 114 cm³/mol. The molecule has 0 spiro atoms. The summed E-state index contributed by atoms with van der Waals surface area (Å²) in [6, 6.07) is 18.0. The number of hydrogen-bond donors (Lipinski definition) is 3. The number of nitrogens with one attached hydrogen (secondary N) is 3. The quantitative estimate of drug-likeness (QED) is 0.570. The van der Waals surface area contributed by atoms with Gasteiger partial charge in [-0.1, -0.05) is 54.6 Å². The van der Waals surface area contributed by atoms with Crippen molar-refractivity contribution >= 4 is 11.7 Å². The van der Waals surface area contributed by atoms with E-state index >= 15 is 0 Å². The molecule has 2 aromatic carbocycles. The second kappa shape index (κ2) is 10.3. The van der Waals surface area contributed by atoms with Gasteiger partial charge in [-0.3, -0.25) is 9.59 Å². The van der Waals surface area contributed by atoms with Gasteiger partial charge in [0.05, 0.1) is 6.04 Å². The highest BCUT2D eigenvalue weighted by atomic mass is 16.2. The SMILES string of the molecule is CC(=O)[C@H](Cc1ccccc1)NC(=O)C[NH+]1CC[NH+](Cc2ccccc2C)CC1. The van der Waals surface area contributed by atoms with Crippen LogP contribution in [0.3, 0.4) is 0 Å². The zero-order valence-electron chi connectivity index (χ0n) is 17.5. The molecular weight excluding hydrogens is 362 g/mol. The largest absolute Gasteiger partial charge is 0.341 e. The van der Waals surface area contributed by atoms with Gasteiger partial charge in [-0.2, -0.15) is 0 Å². The number of Topliss-reactive ketones (excluding diaryl/α,β-unsaturated/α-hetero) is 1. The van der Waals surface area contributed by atoms with E-state index in [1.807, 2.05) is 30.3 Å². The van der Waals surface area contributed by atoms with Crippen molar-refractivity contribution in [2.75, 3.05) is 32.7 Å². The van der Waals surface area contributed by atoms with Gasteiger partial charge in [0, 0.05) is 5.56 Å². The molecule has 1 atom stereocenters. The van der Waals surface area contributed by atoms with E-state index in [2.05, 4.69) is 36.5 Å². The van der Waals surface area contributed by atoms with Crippen LogP contribution in [0.25, 0.3) is 0 Å². The van der Waals surface area contributed by atoms with Gasteiger partial charge in [0.25, 0.3) is 5.91 Å². The van der Waals surface area contributed by atoms with Crippen molar-refractivity contribution in [3.8, 4) is 0 Å². The highest BCUT2D eigenvalue weighted by molar-refractivity contribution is 5.88. The minimum atomic E-state index is -0.447. The number of quaternary nitrogens is 2. The molecule has 1 aliphatic heterocycles. The summed E-state index contributed by atoms with van der Waals surface area (Å²) in [7, 11) is 0. The first kappa shape index (κ1) is 21.2. The predicted octanol–water partition coefficient (Wildman–Crippen LogP) is -0.405. The van der Waals surface area contributed by atoms with E-state index in [0.717, 1.165) is 38.3 Å². The van der Waals surface area contributed by atoms with E-state index in [4.69, 9.17) is 0 Å². The Hall–Kier alpha value is -2.50. The van der Waals surface area contributed by atoms with Crippen LogP contribution >= 0.6 is 0 Å². The number of ketones is 1. The molecule has 0 aliphatic carbocycles. The van der Waals surface area contributed by atoms with Crippen LogP contribution in [0.1, 0.15) is 23.6 Å². The van der Waals surface area contributed by atoms with Gasteiger partial charge in [0.2, 0.25) is 0 Å². The summed E-state index contributed by atoms with van der Waals surface area (Å²) >= 11 is 0. The number of piperazine rings is 1. The Labute approximate surface area is 173 Å². The maximum atomic E-state index is 12.5. The van der Waals surface area contributed by atoms with Gasteiger partial charge in [0.15, 0.2) is 12.3 Å². The molecule has 1 heterocycles. The standard InChI is InChI=1S/C24H31N3O2/c1-19-8-6-7-11-22(19)17-26-12-14-27(15-13-26)18-24(29)25-23(20(2)28)16-21-9-4-3-5-10-21/h3-11,23H,12-18H2,1-2H3,(H,25,29)/p+2/t23-/m0/s1. The molecule has 0 radical (unpaired) electrons. The lowest BCUT2D eigenvalue weighted by molar-refractivity contribution is -1.02. The van der Waals surface area contributed by atoms with Crippen molar-refractivity contribution in [3.63, 3.8) is 0 Å². The van der Waals surface area contributed by atoms with Gasteiger partial charge in [-0.25, -0.2) is 0 Å². The number of amides is 1. The Bertz CT molecular complexity index is 814. The van der Waals surface area contributed by atoms with Crippen LogP contribution in [-0.2, 0) is 22.6 Å². The third-order valence-corrected chi connectivity index (χ3v) is 5.89. The van der Waals surface area contributed by atoms with E-state index in [9.17, 15) is 9.59 Å². The van der Waals surface area contributed by atoms with Gasteiger partial charge in [-0.15, -0.1) is 0 Å². The Morgan fingerprint density at radius 2 is 1.55 bits per heavy atom. The van der Waals surface area contributed by atoms with Crippen LogP contribution in [0.4, 0.5) is 0 Å². The van der Waals surface area contributed by atoms with E-state index in [1.165, 1.54) is 16.0 Å². The highest BCUT2D eigenvalue weighted by Crippen LogP contribution is 2.05. The van der Waals surface area contributed by atoms with Crippen LogP contribution < -0.4 is 15.1 Å². The van der Waals surface area contributed by atoms with Gasteiger partial charge in [0.1, 0.15) is 32.7 Å². The number of benzene rings is 2. The van der Waals surface area contributed by atoms with Crippen molar-refractivity contribution in [3.05, 3.63) is 71.3 Å². The second-order valence-corrected chi connectivity index (χ2v) is 8.20. The third-order valence-electron chi connectivity index (χ3n) is 5.89. The Morgan fingerprint density at radius 1 is 0.931 bits per heavy atom. The van der Waals surface area contributed by atoms with Crippen molar-refractivity contribution in [2.24, 2.45) is 0 Å². The lowest BCUT2D eigenvalue weighted by Gasteiger charge is -2.30. The molecular formula is C24H33N3O2+2. The molecule has 1 amide bonds. The summed E-state index contributed by atoms with van der Waals surface area (Å²) in [5.74, 6) is -0.0248. The number of aryl methyl sites for hydroxylation is 1. The molecule has 0 bridgehead atoms. The average molecular weight is 396 g/mol. The van der Waals surface area contributed by atoms with Gasteiger partial charge >= 0.3 is 0 Å². The minimum absolute atomic E-state index is 0.00435. The van der Waals surface area contributed by atoms with E-state index in [-0.39, 0.29) is 11.7 Å². The van der Waals surface area contributed by atoms with Crippen LogP contribution in [0, 0.1) is 6.92 Å². The van der Waals surface area contributed by atoms with Crippen LogP contribution in [0.2, 0.25) is 0 Å². The number of carbonyl (C=O) groups excluding carboxylic acids is 2. The number of carbonyl (C=O) groups is 2. The number of hydrogen-bond acceptors (Lipinski definition) is 2. The minimum Gasteiger partial charge on any atom is -0.341 e. The van der Waals surface area contributed by atoms with Crippen LogP contribution in [0.15, 0.2) is 54.6 Å². The molecule has 0 aromatic heterocycles. The van der Waals surface area contributed by atoms with E-state index in [0.29, 0.717) is 13.0 Å². The fourth-order valence-corrected chi connectivity index (χ4v) is 4.01. The molecule has 0 unspecified atom stereocenters. The first-order valence-corrected chi connectivity index (χ1v) is 10.6. The Morgan fingerprint density at radius 3 is 2.21 bits per heavy atom. The molecule has 3 N–H and O–H groups in total. The zero-order chi connectivity index (χ0) is 20.6. The molecule has 3 rings (SSSR count). The summed E-state index contributed by atoms with van der Waals surface area (Å²) < 4.78 is 0. The monoisotopic (exact) mass is 395 g/mol. The van der Waals surface area contributed by atoms with Crippen LogP contribution in [-0.4, -0.2) is 50.5 Å². The smallest absolute Gasteiger partial charge is 0.275 e. The van der Waals surface area contributed by atoms with Gasteiger partial charge < -0.3 is 15.1 Å². The van der Waals surface area contributed by atoms with Crippen LogP contribution in [0.5, 0.6) is 0 Å². The van der Waals surface area contributed by atoms with E-state index in [1.54, 1.807) is 11.8 Å². The topological polar surface area (TPSA) is 55.0 Å². The first-order chi connectivity index (χ1) is 14.0. The second-order valence-electron chi connectivity index (χ2n) is 8.20. The lowest BCUT2D eigenvalue weighted by atomic mass is 10.0. The zero-order valence-corrected chi connectivity index (χ0v) is 17.5. The molecule has 2 aromatic rings. The maximum Gasteiger partial charge on any atom is 0.275 e. The fraction of sp³-hybridized carbons (Fsp3) is 0.417. The molecule has 1 aliphatic rings. The summed E-state index contributed by atoms with van der Waals surface area (Å²) in [4.78, 5) is 27.4. The molecule has 0 saturated carbocycles. The lowest BCUT2D eigenvalue weighted by Crippen LogP contribution is -3.28. The van der Waals surface area contributed by atoms with Crippen molar-refractivity contribution in [2.45, 2.75) is 32.9 Å². The summed E-state index contributed by atoms with van der Waals surface area (Å²) in [5, 5.41) is 2.95. The fourth-order valence-electron chi connectivity index (χ4n) is 4.01. The van der Waals surface area contributed by atoms with Crippen molar-refractivity contribution < 1.29 is 19.4 Å². The molecule has 154 valence electrons. The van der Waals surface area contributed by atoms with Gasteiger partial charge in [-0.05, 0) is 31.4 Å². The summed E-state index contributed by atoms with van der Waals surface area (Å²) in [6.45, 7) is 9.31. The first-order valence-electron chi connectivity index (χ1n) is 10.6. The highest BCUT2D eigenvalue weighted by Gasteiger charge is 2.26. The van der Waals surface area contributed by atoms with E-state index < -0.39 is 6.04 Å². The van der Waals surface area contributed by atoms with Crippen molar-refractivity contribution in [1.82, 2.24) is 5.32 Å². The maximum absolute atomic E-state index is 12.5. The Balaban J connectivity index is 1.45. The molecule has 1 saturated heterocycles. The molecule has 5 heteroatoms. The van der Waals surface area contributed by atoms with Crippen molar-refractivity contribution in [1.29, 1.82) is 0 Å². The number of rotatable bonds is 8. The average Bonchev–Trinajstić information content (AvgIpc) is 2.71.